The number of benzene rings is 2. The SMILES string of the molecule is Cc1ccc(C)c(S(=O)(=O)C2(C(=O)N3CCN(c4ccc(O)cc4)CC3)CCCC2)c1. The van der Waals surface area contributed by atoms with E-state index in [2.05, 4.69) is 4.90 Å². The van der Waals surface area contributed by atoms with Crippen LogP contribution in [-0.4, -0.2) is 55.3 Å². The summed E-state index contributed by atoms with van der Waals surface area (Å²) in [4.78, 5) is 17.9. The van der Waals surface area contributed by atoms with E-state index in [0.29, 0.717) is 49.5 Å². The third-order valence-corrected chi connectivity index (χ3v) is 9.36. The van der Waals surface area contributed by atoms with Gasteiger partial charge in [0, 0.05) is 31.9 Å². The lowest BCUT2D eigenvalue weighted by molar-refractivity contribution is -0.134. The van der Waals surface area contributed by atoms with Crippen LogP contribution in [0.2, 0.25) is 0 Å². The van der Waals surface area contributed by atoms with Crippen molar-refractivity contribution < 1.29 is 18.3 Å². The van der Waals surface area contributed by atoms with Gasteiger partial charge in [0.2, 0.25) is 5.91 Å². The lowest BCUT2D eigenvalue weighted by Crippen LogP contribution is -2.57. The van der Waals surface area contributed by atoms with Crippen molar-refractivity contribution in [2.45, 2.75) is 49.2 Å². The minimum Gasteiger partial charge on any atom is -0.508 e. The van der Waals surface area contributed by atoms with Gasteiger partial charge in [0.25, 0.3) is 0 Å². The second kappa shape index (κ2) is 8.19. The van der Waals surface area contributed by atoms with Gasteiger partial charge < -0.3 is 14.9 Å². The molecule has 2 aromatic carbocycles. The van der Waals surface area contributed by atoms with E-state index < -0.39 is 14.6 Å². The van der Waals surface area contributed by atoms with Gasteiger partial charge in [-0.2, -0.15) is 0 Å². The van der Waals surface area contributed by atoms with Crippen molar-refractivity contribution in [1.29, 1.82) is 0 Å². The van der Waals surface area contributed by atoms with E-state index >= 15 is 0 Å². The number of aryl methyl sites for hydroxylation is 2. The van der Waals surface area contributed by atoms with E-state index in [1.165, 1.54) is 0 Å². The highest BCUT2D eigenvalue weighted by molar-refractivity contribution is 7.93. The Morgan fingerprint density at radius 3 is 2.16 bits per heavy atom. The van der Waals surface area contributed by atoms with Crippen molar-refractivity contribution >= 4 is 21.4 Å². The number of carbonyl (C=O) groups excluding carboxylic acids is 1. The predicted molar refractivity (Wildman–Crippen MR) is 121 cm³/mol. The zero-order valence-corrected chi connectivity index (χ0v) is 19.0. The molecular weight excluding hydrogens is 412 g/mol. The van der Waals surface area contributed by atoms with Crippen LogP contribution >= 0.6 is 0 Å². The number of carbonyl (C=O) groups is 1. The lowest BCUT2D eigenvalue weighted by Gasteiger charge is -2.40. The first-order valence-electron chi connectivity index (χ1n) is 10.9. The fourth-order valence-corrected chi connectivity index (χ4v) is 7.31. The molecule has 1 aliphatic heterocycles. The highest BCUT2D eigenvalue weighted by Gasteiger charge is 2.55. The molecule has 2 aromatic rings. The third kappa shape index (κ3) is 3.80. The highest BCUT2D eigenvalue weighted by atomic mass is 32.2. The van der Waals surface area contributed by atoms with Crippen molar-refractivity contribution in [2.75, 3.05) is 31.1 Å². The zero-order chi connectivity index (χ0) is 22.2. The van der Waals surface area contributed by atoms with E-state index in [4.69, 9.17) is 0 Å². The third-order valence-electron chi connectivity index (χ3n) is 6.73. The summed E-state index contributed by atoms with van der Waals surface area (Å²) in [6, 6.07) is 12.5. The normalized spacial score (nSPS) is 18.9. The summed E-state index contributed by atoms with van der Waals surface area (Å²) in [5.74, 6) is -0.0198. The second-order valence-corrected chi connectivity index (χ2v) is 11.0. The number of phenols is 1. The van der Waals surface area contributed by atoms with Crippen LogP contribution in [0.1, 0.15) is 36.8 Å². The maximum absolute atomic E-state index is 13.8. The quantitative estimate of drug-likeness (QED) is 0.785. The van der Waals surface area contributed by atoms with Gasteiger partial charge in [-0.05, 0) is 68.1 Å². The summed E-state index contributed by atoms with van der Waals surface area (Å²) >= 11 is 0. The number of hydrogen-bond acceptors (Lipinski definition) is 5. The Hall–Kier alpha value is -2.54. The molecule has 1 saturated carbocycles. The Morgan fingerprint density at radius 2 is 1.55 bits per heavy atom. The fraction of sp³-hybridized carbons (Fsp3) is 0.458. The number of piperazine rings is 1. The van der Waals surface area contributed by atoms with Crippen LogP contribution in [0, 0.1) is 13.8 Å². The first-order chi connectivity index (χ1) is 14.7. The van der Waals surface area contributed by atoms with Crippen molar-refractivity contribution in [3.8, 4) is 5.75 Å². The summed E-state index contributed by atoms with van der Waals surface area (Å²) < 4.78 is 26.3. The standard InChI is InChI=1S/C24H30N2O4S/c1-18-5-6-19(2)22(17-18)31(29,30)24(11-3-4-12-24)23(28)26-15-13-25(14-16-26)20-7-9-21(27)10-8-20/h5-10,17,27H,3-4,11-16H2,1-2H3. The molecule has 166 valence electrons. The minimum atomic E-state index is -3.81. The van der Waals surface area contributed by atoms with Crippen LogP contribution in [-0.2, 0) is 14.6 Å². The van der Waals surface area contributed by atoms with Crippen LogP contribution < -0.4 is 4.90 Å². The average Bonchev–Trinajstić information content (AvgIpc) is 3.27. The summed E-state index contributed by atoms with van der Waals surface area (Å²) in [5.41, 5.74) is 2.57. The van der Waals surface area contributed by atoms with Gasteiger partial charge in [0.15, 0.2) is 14.6 Å². The molecule has 7 heteroatoms. The van der Waals surface area contributed by atoms with E-state index in [0.717, 1.165) is 24.1 Å². The van der Waals surface area contributed by atoms with Gasteiger partial charge in [-0.3, -0.25) is 4.79 Å². The lowest BCUT2D eigenvalue weighted by atomic mass is 10.0. The number of nitrogens with zero attached hydrogens (tertiary/aromatic N) is 2. The molecule has 1 amide bonds. The summed E-state index contributed by atoms with van der Waals surface area (Å²) in [6.45, 7) is 5.93. The molecule has 6 nitrogen and oxygen atoms in total. The van der Waals surface area contributed by atoms with Gasteiger partial charge in [0.05, 0.1) is 4.90 Å². The Labute approximate surface area is 184 Å². The van der Waals surface area contributed by atoms with Crippen molar-refractivity contribution in [2.24, 2.45) is 0 Å². The fourth-order valence-electron chi connectivity index (χ4n) is 4.87. The summed E-state index contributed by atoms with van der Waals surface area (Å²) in [5, 5.41) is 9.50. The van der Waals surface area contributed by atoms with Crippen molar-refractivity contribution in [3.05, 3.63) is 53.6 Å². The van der Waals surface area contributed by atoms with Crippen LogP contribution in [0.15, 0.2) is 47.4 Å². The molecule has 0 bridgehead atoms. The molecule has 1 heterocycles. The first-order valence-corrected chi connectivity index (χ1v) is 12.4. The predicted octanol–water partition coefficient (Wildman–Crippen LogP) is 3.44. The van der Waals surface area contributed by atoms with Gasteiger partial charge in [0.1, 0.15) is 5.75 Å². The van der Waals surface area contributed by atoms with Gasteiger partial charge >= 0.3 is 0 Å². The molecule has 2 fully saturated rings. The highest BCUT2D eigenvalue weighted by Crippen LogP contribution is 2.43. The zero-order valence-electron chi connectivity index (χ0n) is 18.2. The molecule has 1 aliphatic carbocycles. The number of anilines is 1. The van der Waals surface area contributed by atoms with Gasteiger partial charge in [-0.15, -0.1) is 0 Å². The molecule has 2 aliphatic rings. The number of aromatic hydroxyl groups is 1. The van der Waals surface area contributed by atoms with Crippen molar-refractivity contribution in [1.82, 2.24) is 4.90 Å². The molecular formula is C24H30N2O4S. The first kappa shape index (κ1) is 21.7. The topological polar surface area (TPSA) is 77.9 Å². The Kier molecular flexibility index (Phi) is 5.73. The van der Waals surface area contributed by atoms with Crippen molar-refractivity contribution in [3.63, 3.8) is 0 Å². The largest absolute Gasteiger partial charge is 0.508 e. The Bertz CT molecular complexity index is 1070. The smallest absolute Gasteiger partial charge is 0.244 e. The maximum atomic E-state index is 13.8. The number of sulfone groups is 1. The van der Waals surface area contributed by atoms with Crippen LogP contribution in [0.3, 0.4) is 0 Å². The molecule has 1 saturated heterocycles. The number of amides is 1. The van der Waals surface area contributed by atoms with E-state index in [1.807, 2.05) is 31.2 Å². The molecule has 0 aromatic heterocycles. The van der Waals surface area contributed by atoms with E-state index in [1.54, 1.807) is 30.0 Å². The molecule has 0 radical (unpaired) electrons. The number of rotatable bonds is 4. The summed E-state index contributed by atoms with van der Waals surface area (Å²) in [7, 11) is -3.81. The maximum Gasteiger partial charge on any atom is 0.244 e. The second-order valence-electron chi connectivity index (χ2n) is 8.77. The average molecular weight is 443 g/mol. The number of hydrogen-bond donors (Lipinski definition) is 1. The molecule has 0 spiro atoms. The van der Waals surface area contributed by atoms with Gasteiger partial charge in [-0.25, -0.2) is 8.42 Å². The van der Waals surface area contributed by atoms with Crippen LogP contribution in [0.4, 0.5) is 5.69 Å². The molecule has 0 atom stereocenters. The Morgan fingerprint density at radius 1 is 0.935 bits per heavy atom. The van der Waals surface area contributed by atoms with E-state index in [-0.39, 0.29) is 11.7 Å². The molecule has 4 rings (SSSR count). The number of phenolic OH excluding ortho intramolecular Hbond substituents is 1. The Balaban J connectivity index is 1.58. The molecule has 1 N–H and O–H groups in total. The van der Waals surface area contributed by atoms with Gasteiger partial charge in [-0.1, -0.05) is 25.0 Å². The molecule has 0 unspecified atom stereocenters. The monoisotopic (exact) mass is 442 g/mol. The van der Waals surface area contributed by atoms with Crippen LogP contribution in [0.5, 0.6) is 5.75 Å². The molecule has 31 heavy (non-hydrogen) atoms. The minimum absolute atomic E-state index is 0.220. The van der Waals surface area contributed by atoms with Crippen LogP contribution in [0.25, 0.3) is 0 Å². The van der Waals surface area contributed by atoms with E-state index in [9.17, 15) is 18.3 Å². The summed E-state index contributed by atoms with van der Waals surface area (Å²) in [6.07, 6.45) is 2.28.